The van der Waals surface area contributed by atoms with Crippen LogP contribution < -0.4 is 0 Å². The summed E-state index contributed by atoms with van der Waals surface area (Å²) in [7, 11) is 1.40. The van der Waals surface area contributed by atoms with Crippen LogP contribution in [0.4, 0.5) is 0 Å². The van der Waals surface area contributed by atoms with Crippen LogP contribution in [0.15, 0.2) is 0 Å². The fourth-order valence-electron chi connectivity index (χ4n) is 3.02. The summed E-state index contributed by atoms with van der Waals surface area (Å²) in [6.45, 7) is 0. The molecule has 4 atom stereocenters. The highest BCUT2D eigenvalue weighted by molar-refractivity contribution is 5.78. The van der Waals surface area contributed by atoms with E-state index in [1.54, 1.807) is 0 Å². The van der Waals surface area contributed by atoms with Crippen molar-refractivity contribution in [2.45, 2.75) is 19.3 Å². The van der Waals surface area contributed by atoms with E-state index in [1.165, 1.54) is 7.11 Å². The van der Waals surface area contributed by atoms with Crippen LogP contribution in [0.1, 0.15) is 19.3 Å². The van der Waals surface area contributed by atoms with Crippen molar-refractivity contribution < 1.29 is 14.3 Å². The number of rotatable bonds is 2. The molecule has 0 aromatic rings. The first-order chi connectivity index (χ1) is 6.27. The fourth-order valence-corrected chi connectivity index (χ4v) is 3.02. The van der Waals surface area contributed by atoms with Crippen LogP contribution in [-0.2, 0) is 14.3 Å². The first-order valence-electron chi connectivity index (χ1n) is 4.81. The van der Waals surface area contributed by atoms with Gasteiger partial charge < -0.3 is 9.53 Å². The first kappa shape index (κ1) is 8.73. The smallest absolute Gasteiger partial charge is 0.309 e. The fraction of sp³-hybridized carbons (Fsp3) is 0.800. The Labute approximate surface area is 77.4 Å². The molecule has 0 radical (unpaired) electrons. The zero-order valence-corrected chi connectivity index (χ0v) is 7.73. The van der Waals surface area contributed by atoms with E-state index in [4.69, 9.17) is 4.74 Å². The number of ether oxygens (including phenoxy) is 1. The van der Waals surface area contributed by atoms with Crippen molar-refractivity contribution in [2.75, 3.05) is 7.11 Å². The van der Waals surface area contributed by atoms with Crippen LogP contribution in [0, 0.1) is 23.7 Å². The van der Waals surface area contributed by atoms with Gasteiger partial charge in [0, 0.05) is 5.92 Å². The number of fused-ring (bicyclic) bond motifs is 2. The standard InChI is InChI=1S/C10H14O3/c1-13-10(12)9-7-3-2-6(4-7)8(9)5-11/h5-9H,2-4H2,1H3/t6?,7-,8-,9-/m0/s1. The summed E-state index contributed by atoms with van der Waals surface area (Å²) in [5.41, 5.74) is 0. The Hall–Kier alpha value is -0.860. The van der Waals surface area contributed by atoms with Gasteiger partial charge in [0.1, 0.15) is 6.29 Å². The molecule has 2 fully saturated rings. The van der Waals surface area contributed by atoms with Gasteiger partial charge >= 0.3 is 5.97 Å². The molecular formula is C10H14O3. The largest absolute Gasteiger partial charge is 0.469 e. The minimum absolute atomic E-state index is 0.0637. The van der Waals surface area contributed by atoms with Gasteiger partial charge in [0.15, 0.2) is 0 Å². The molecule has 0 aromatic carbocycles. The average molecular weight is 182 g/mol. The molecule has 0 amide bonds. The van der Waals surface area contributed by atoms with Crippen LogP contribution >= 0.6 is 0 Å². The third kappa shape index (κ3) is 1.18. The quantitative estimate of drug-likeness (QED) is 0.473. The van der Waals surface area contributed by atoms with Crippen LogP contribution in [0.5, 0.6) is 0 Å². The van der Waals surface area contributed by atoms with E-state index in [0.717, 1.165) is 25.5 Å². The molecule has 2 aliphatic carbocycles. The number of esters is 1. The van der Waals surface area contributed by atoms with Gasteiger partial charge in [-0.3, -0.25) is 4.79 Å². The van der Waals surface area contributed by atoms with Crippen LogP contribution in [0.2, 0.25) is 0 Å². The number of hydrogen-bond acceptors (Lipinski definition) is 3. The molecule has 13 heavy (non-hydrogen) atoms. The van der Waals surface area contributed by atoms with Crippen molar-refractivity contribution in [3.8, 4) is 0 Å². The number of carbonyl (C=O) groups is 2. The van der Waals surface area contributed by atoms with Gasteiger partial charge in [-0.05, 0) is 31.1 Å². The lowest BCUT2D eigenvalue weighted by Gasteiger charge is -2.24. The Morgan fingerprint density at radius 1 is 1.38 bits per heavy atom. The lowest BCUT2D eigenvalue weighted by atomic mass is 9.80. The van der Waals surface area contributed by atoms with E-state index in [2.05, 4.69) is 0 Å². The predicted molar refractivity (Wildman–Crippen MR) is 45.9 cm³/mol. The van der Waals surface area contributed by atoms with Crippen molar-refractivity contribution in [3.05, 3.63) is 0 Å². The van der Waals surface area contributed by atoms with E-state index in [-0.39, 0.29) is 17.8 Å². The Balaban J connectivity index is 2.17. The summed E-state index contributed by atoms with van der Waals surface area (Å²) in [5, 5.41) is 0. The van der Waals surface area contributed by atoms with Crippen LogP contribution in [0.25, 0.3) is 0 Å². The SMILES string of the molecule is COC(=O)[C@H]1[C@H]2CCC(C2)[C@@H]1C=O. The Morgan fingerprint density at radius 3 is 2.69 bits per heavy atom. The molecule has 3 heteroatoms. The van der Waals surface area contributed by atoms with Gasteiger partial charge in [-0.2, -0.15) is 0 Å². The molecule has 3 nitrogen and oxygen atoms in total. The van der Waals surface area contributed by atoms with E-state index in [9.17, 15) is 9.59 Å². The molecule has 72 valence electrons. The molecule has 1 unspecified atom stereocenters. The number of methoxy groups -OCH3 is 1. The normalized spacial score (nSPS) is 41.9. The highest BCUT2D eigenvalue weighted by atomic mass is 16.5. The second-order valence-corrected chi connectivity index (χ2v) is 4.10. The predicted octanol–water partition coefficient (Wildman–Crippen LogP) is 1.02. The Bertz CT molecular complexity index is 236. The molecule has 2 bridgehead atoms. The highest BCUT2D eigenvalue weighted by Gasteiger charge is 2.51. The second-order valence-electron chi connectivity index (χ2n) is 4.10. The third-order valence-corrected chi connectivity index (χ3v) is 3.61. The first-order valence-corrected chi connectivity index (χ1v) is 4.81. The molecule has 2 aliphatic rings. The topological polar surface area (TPSA) is 43.4 Å². The molecule has 0 aliphatic heterocycles. The summed E-state index contributed by atoms with van der Waals surface area (Å²) in [6, 6.07) is 0. The Morgan fingerprint density at radius 2 is 2.08 bits per heavy atom. The van der Waals surface area contributed by atoms with Crippen LogP contribution in [-0.4, -0.2) is 19.4 Å². The van der Waals surface area contributed by atoms with Gasteiger partial charge in [-0.25, -0.2) is 0 Å². The van der Waals surface area contributed by atoms with Crippen molar-refractivity contribution in [1.82, 2.24) is 0 Å². The van der Waals surface area contributed by atoms with Gasteiger partial charge in [0.25, 0.3) is 0 Å². The van der Waals surface area contributed by atoms with E-state index < -0.39 is 0 Å². The number of aldehydes is 1. The van der Waals surface area contributed by atoms with Crippen molar-refractivity contribution in [2.24, 2.45) is 23.7 Å². The summed E-state index contributed by atoms with van der Waals surface area (Å²) in [4.78, 5) is 22.2. The lowest BCUT2D eigenvalue weighted by molar-refractivity contribution is -0.150. The molecule has 0 spiro atoms. The molecule has 0 N–H and O–H groups in total. The second kappa shape index (κ2) is 3.13. The molecule has 0 heterocycles. The molecule has 2 rings (SSSR count). The highest BCUT2D eigenvalue weighted by Crippen LogP contribution is 2.51. The van der Waals surface area contributed by atoms with Gasteiger partial charge in [0.2, 0.25) is 0 Å². The van der Waals surface area contributed by atoms with Crippen molar-refractivity contribution in [3.63, 3.8) is 0 Å². The Kier molecular flexibility index (Phi) is 2.10. The minimum atomic E-state index is -0.190. The summed E-state index contributed by atoms with van der Waals surface area (Å²) in [5.74, 6) is 0.469. The van der Waals surface area contributed by atoms with Crippen molar-refractivity contribution >= 4 is 12.3 Å². The molecule has 0 saturated heterocycles. The van der Waals surface area contributed by atoms with Gasteiger partial charge in [-0.1, -0.05) is 0 Å². The molecular weight excluding hydrogens is 168 g/mol. The van der Waals surface area contributed by atoms with E-state index in [1.807, 2.05) is 0 Å². The zero-order chi connectivity index (χ0) is 9.42. The summed E-state index contributed by atoms with van der Waals surface area (Å²) >= 11 is 0. The summed E-state index contributed by atoms with van der Waals surface area (Å²) < 4.78 is 4.72. The number of hydrogen-bond donors (Lipinski definition) is 0. The zero-order valence-electron chi connectivity index (χ0n) is 7.73. The number of carbonyl (C=O) groups excluding carboxylic acids is 2. The molecule has 0 aromatic heterocycles. The maximum Gasteiger partial charge on any atom is 0.309 e. The monoisotopic (exact) mass is 182 g/mol. The van der Waals surface area contributed by atoms with Crippen LogP contribution in [0.3, 0.4) is 0 Å². The van der Waals surface area contributed by atoms with Gasteiger partial charge in [0.05, 0.1) is 13.0 Å². The van der Waals surface area contributed by atoms with E-state index in [0.29, 0.717) is 11.8 Å². The van der Waals surface area contributed by atoms with E-state index >= 15 is 0 Å². The van der Waals surface area contributed by atoms with Crippen molar-refractivity contribution in [1.29, 1.82) is 0 Å². The lowest BCUT2D eigenvalue weighted by Crippen LogP contribution is -2.31. The maximum atomic E-state index is 11.4. The third-order valence-electron chi connectivity index (χ3n) is 3.61. The minimum Gasteiger partial charge on any atom is -0.469 e. The summed E-state index contributed by atoms with van der Waals surface area (Å²) in [6.07, 6.45) is 4.20. The average Bonchev–Trinajstić information content (AvgIpc) is 2.74. The maximum absolute atomic E-state index is 11.4. The molecule has 2 saturated carbocycles. The van der Waals surface area contributed by atoms with Gasteiger partial charge in [-0.15, -0.1) is 0 Å².